The molecule has 1 atom stereocenters. The lowest BCUT2D eigenvalue weighted by Gasteiger charge is -2.08. The average Bonchev–Trinajstić information content (AvgIpc) is 2.52. The van der Waals surface area contributed by atoms with Crippen LogP contribution in [0.2, 0.25) is 0 Å². The van der Waals surface area contributed by atoms with Gasteiger partial charge in [-0.25, -0.2) is 8.42 Å². The first-order valence-electron chi connectivity index (χ1n) is 4.75. The van der Waals surface area contributed by atoms with Crippen LogP contribution in [0, 0.1) is 5.92 Å². The van der Waals surface area contributed by atoms with E-state index in [4.69, 9.17) is 0 Å². The third kappa shape index (κ3) is 4.70. The molecule has 1 saturated heterocycles. The second-order valence-corrected chi connectivity index (χ2v) is 6.76. The lowest BCUT2D eigenvalue weighted by atomic mass is 10.1. The van der Waals surface area contributed by atoms with Gasteiger partial charge in [-0.05, 0) is 12.3 Å². The highest BCUT2D eigenvalue weighted by atomic mass is 32.2. The van der Waals surface area contributed by atoms with Crippen molar-refractivity contribution in [2.75, 3.05) is 23.8 Å². The minimum atomic E-state index is -2.83. The van der Waals surface area contributed by atoms with Crippen LogP contribution in [0.3, 0.4) is 0 Å². The lowest BCUT2D eigenvalue weighted by Crippen LogP contribution is -2.26. The van der Waals surface area contributed by atoms with E-state index in [0.717, 1.165) is 11.8 Å². The molecule has 0 spiro atoms. The summed E-state index contributed by atoms with van der Waals surface area (Å²) in [5.41, 5.74) is 0. The Balaban J connectivity index is 2.21. The summed E-state index contributed by atoms with van der Waals surface area (Å²) >= 11 is 1.14. The second kappa shape index (κ2) is 5.55. The molecule has 0 radical (unpaired) electrons. The van der Waals surface area contributed by atoms with Crippen LogP contribution < -0.4 is 5.32 Å². The van der Waals surface area contributed by atoms with Gasteiger partial charge in [-0.2, -0.15) is 0 Å². The van der Waals surface area contributed by atoms with Gasteiger partial charge in [0.05, 0.1) is 11.5 Å². The summed E-state index contributed by atoms with van der Waals surface area (Å²) in [6.45, 7) is 3.97. The SMILES string of the molecule is C=CCSC(=O)NCC1CCS(=O)(=O)C1. The molecule has 1 unspecified atom stereocenters. The number of nitrogens with one attached hydrogen (secondary N) is 1. The fraction of sp³-hybridized carbons (Fsp3) is 0.667. The van der Waals surface area contributed by atoms with Crippen LogP contribution in [-0.2, 0) is 9.84 Å². The minimum absolute atomic E-state index is 0.0864. The van der Waals surface area contributed by atoms with Crippen molar-refractivity contribution in [2.45, 2.75) is 6.42 Å². The number of carbonyl (C=O) groups excluding carboxylic acids is 1. The van der Waals surface area contributed by atoms with E-state index in [0.29, 0.717) is 18.7 Å². The average molecular weight is 249 g/mol. The Labute approximate surface area is 94.4 Å². The summed E-state index contributed by atoms with van der Waals surface area (Å²) in [6, 6.07) is 0. The number of thioether (sulfide) groups is 1. The van der Waals surface area contributed by atoms with Crippen LogP contribution in [0.25, 0.3) is 0 Å². The third-order valence-electron chi connectivity index (χ3n) is 2.19. The maximum absolute atomic E-state index is 11.2. The Morgan fingerprint density at radius 3 is 2.87 bits per heavy atom. The standard InChI is InChI=1S/C9H15NO3S2/c1-2-4-14-9(11)10-6-8-3-5-15(12,13)7-8/h2,8H,1,3-7H2,(H,10,11). The van der Waals surface area contributed by atoms with Crippen molar-refractivity contribution in [3.8, 4) is 0 Å². The molecule has 1 fully saturated rings. The monoisotopic (exact) mass is 249 g/mol. The van der Waals surface area contributed by atoms with Crippen LogP contribution >= 0.6 is 11.8 Å². The Hall–Kier alpha value is -0.490. The molecule has 1 aliphatic rings. The van der Waals surface area contributed by atoms with E-state index in [2.05, 4.69) is 11.9 Å². The summed E-state index contributed by atoms with van der Waals surface area (Å²) in [6.07, 6.45) is 2.32. The quantitative estimate of drug-likeness (QED) is 0.756. The highest BCUT2D eigenvalue weighted by Crippen LogP contribution is 2.17. The molecule has 0 aromatic rings. The molecule has 15 heavy (non-hydrogen) atoms. The first-order chi connectivity index (χ1) is 7.03. The number of carbonyl (C=O) groups is 1. The van der Waals surface area contributed by atoms with E-state index < -0.39 is 9.84 Å². The van der Waals surface area contributed by atoms with Gasteiger partial charge in [-0.15, -0.1) is 6.58 Å². The second-order valence-electron chi connectivity index (χ2n) is 3.54. The summed E-state index contributed by atoms with van der Waals surface area (Å²) in [5, 5.41) is 2.60. The molecule has 1 heterocycles. The first-order valence-corrected chi connectivity index (χ1v) is 7.56. The van der Waals surface area contributed by atoms with Gasteiger partial charge in [-0.3, -0.25) is 4.79 Å². The fourth-order valence-corrected chi connectivity index (χ4v) is 3.76. The molecule has 0 bridgehead atoms. The highest BCUT2D eigenvalue weighted by molar-refractivity contribution is 8.13. The zero-order valence-corrected chi connectivity index (χ0v) is 10.1. The molecular formula is C9H15NO3S2. The summed E-state index contributed by atoms with van der Waals surface area (Å²) in [7, 11) is -2.83. The van der Waals surface area contributed by atoms with Crippen molar-refractivity contribution in [1.82, 2.24) is 5.32 Å². The molecule has 1 amide bonds. The number of rotatable bonds is 4. The minimum Gasteiger partial charge on any atom is -0.347 e. The Bertz CT molecular complexity index is 337. The number of hydrogen-bond acceptors (Lipinski definition) is 4. The summed E-state index contributed by atoms with van der Waals surface area (Å²) in [4.78, 5) is 11.2. The number of amides is 1. The molecule has 0 aromatic heterocycles. The summed E-state index contributed by atoms with van der Waals surface area (Å²) in [5.74, 6) is 1.13. The van der Waals surface area contributed by atoms with E-state index in [1.54, 1.807) is 6.08 Å². The summed E-state index contributed by atoms with van der Waals surface area (Å²) < 4.78 is 22.3. The Morgan fingerprint density at radius 1 is 1.60 bits per heavy atom. The fourth-order valence-electron chi connectivity index (χ4n) is 1.45. The molecule has 6 heteroatoms. The zero-order chi connectivity index (χ0) is 11.3. The largest absolute Gasteiger partial charge is 0.347 e. The maximum atomic E-state index is 11.2. The van der Waals surface area contributed by atoms with Crippen molar-refractivity contribution in [3.63, 3.8) is 0 Å². The van der Waals surface area contributed by atoms with Crippen molar-refractivity contribution >= 4 is 26.8 Å². The van der Waals surface area contributed by atoms with Crippen LogP contribution in [0.5, 0.6) is 0 Å². The van der Waals surface area contributed by atoms with E-state index >= 15 is 0 Å². The molecule has 4 nitrogen and oxygen atoms in total. The van der Waals surface area contributed by atoms with Gasteiger partial charge in [0.1, 0.15) is 0 Å². The van der Waals surface area contributed by atoms with Crippen LogP contribution in [0.15, 0.2) is 12.7 Å². The van der Waals surface area contributed by atoms with Crippen LogP contribution in [0.4, 0.5) is 4.79 Å². The van der Waals surface area contributed by atoms with Crippen LogP contribution in [0.1, 0.15) is 6.42 Å². The zero-order valence-electron chi connectivity index (χ0n) is 8.44. The molecule has 1 aliphatic heterocycles. The van der Waals surface area contributed by atoms with Crippen molar-refractivity contribution in [2.24, 2.45) is 5.92 Å². The van der Waals surface area contributed by atoms with Gasteiger partial charge in [-0.1, -0.05) is 17.8 Å². The third-order valence-corrected chi connectivity index (χ3v) is 4.84. The van der Waals surface area contributed by atoms with Gasteiger partial charge < -0.3 is 5.32 Å². The Morgan fingerprint density at radius 2 is 2.33 bits per heavy atom. The van der Waals surface area contributed by atoms with E-state index in [-0.39, 0.29) is 22.7 Å². The molecular weight excluding hydrogens is 234 g/mol. The van der Waals surface area contributed by atoms with E-state index in [9.17, 15) is 13.2 Å². The molecule has 0 aliphatic carbocycles. The maximum Gasteiger partial charge on any atom is 0.279 e. The highest BCUT2D eigenvalue weighted by Gasteiger charge is 2.27. The van der Waals surface area contributed by atoms with Crippen molar-refractivity contribution in [3.05, 3.63) is 12.7 Å². The molecule has 1 N–H and O–H groups in total. The van der Waals surface area contributed by atoms with Crippen LogP contribution in [-0.4, -0.2) is 37.5 Å². The van der Waals surface area contributed by atoms with E-state index in [1.807, 2.05) is 0 Å². The molecule has 0 aromatic carbocycles. The predicted octanol–water partition coefficient (Wildman–Crippen LogP) is 1.05. The smallest absolute Gasteiger partial charge is 0.279 e. The normalized spacial score (nSPS) is 23.6. The number of hydrogen-bond donors (Lipinski definition) is 1. The van der Waals surface area contributed by atoms with Gasteiger partial charge in [0.25, 0.3) is 5.24 Å². The van der Waals surface area contributed by atoms with Gasteiger partial charge >= 0.3 is 0 Å². The predicted molar refractivity (Wildman–Crippen MR) is 62.8 cm³/mol. The van der Waals surface area contributed by atoms with Gasteiger partial charge in [0.15, 0.2) is 9.84 Å². The van der Waals surface area contributed by atoms with Gasteiger partial charge in [0.2, 0.25) is 0 Å². The first kappa shape index (κ1) is 12.6. The van der Waals surface area contributed by atoms with Crippen molar-refractivity contribution < 1.29 is 13.2 Å². The van der Waals surface area contributed by atoms with E-state index in [1.165, 1.54) is 0 Å². The molecule has 0 saturated carbocycles. The topological polar surface area (TPSA) is 63.2 Å². The molecule has 1 rings (SSSR count). The van der Waals surface area contributed by atoms with Crippen molar-refractivity contribution in [1.29, 1.82) is 0 Å². The number of sulfone groups is 1. The van der Waals surface area contributed by atoms with Gasteiger partial charge in [0, 0.05) is 12.3 Å². The Kier molecular flexibility index (Phi) is 4.66. The molecule has 86 valence electrons. The lowest BCUT2D eigenvalue weighted by molar-refractivity contribution is 0.259.